The van der Waals surface area contributed by atoms with Crippen LogP contribution < -0.4 is 9.47 Å². The fourth-order valence-electron chi connectivity index (χ4n) is 3.99. The van der Waals surface area contributed by atoms with Crippen LogP contribution in [-0.2, 0) is 9.59 Å². The molecule has 0 spiro atoms. The fraction of sp³-hybridized carbons (Fsp3) is 0.357. The van der Waals surface area contributed by atoms with E-state index in [9.17, 15) is 14.7 Å². The number of likely N-dealkylation sites (tertiary alicyclic amines) is 1. The van der Waals surface area contributed by atoms with Crippen LogP contribution in [0.3, 0.4) is 0 Å². The summed E-state index contributed by atoms with van der Waals surface area (Å²) in [5, 5.41) is 11.3. The molecule has 1 unspecified atom stereocenters. The van der Waals surface area contributed by atoms with Crippen molar-refractivity contribution in [1.82, 2.24) is 9.80 Å². The van der Waals surface area contributed by atoms with Crippen LogP contribution in [0.4, 0.5) is 0 Å². The largest absolute Gasteiger partial charge is 0.507 e. The Balaban J connectivity index is 2.06. The minimum absolute atomic E-state index is 0.0788. The summed E-state index contributed by atoms with van der Waals surface area (Å²) in [6.07, 6.45) is 2.55. The third-order valence-electron chi connectivity index (χ3n) is 5.80. The number of benzene rings is 2. The van der Waals surface area contributed by atoms with E-state index in [4.69, 9.17) is 9.47 Å². The van der Waals surface area contributed by atoms with Gasteiger partial charge in [0.1, 0.15) is 23.9 Å². The van der Waals surface area contributed by atoms with Gasteiger partial charge in [0.15, 0.2) is 0 Å². The first-order valence-electron chi connectivity index (χ1n) is 11.8. The summed E-state index contributed by atoms with van der Waals surface area (Å²) in [5.41, 5.74) is 2.06. The predicted octanol–water partition coefficient (Wildman–Crippen LogP) is 4.33. The third-order valence-corrected chi connectivity index (χ3v) is 5.80. The second-order valence-corrected chi connectivity index (χ2v) is 8.79. The van der Waals surface area contributed by atoms with Crippen LogP contribution in [0.1, 0.15) is 36.1 Å². The van der Waals surface area contributed by atoms with Crippen LogP contribution in [0.25, 0.3) is 5.76 Å². The van der Waals surface area contributed by atoms with E-state index >= 15 is 0 Å². The number of Topliss-reactive ketones (excluding diaryl/α,β-unsaturated/α-hetero) is 1. The van der Waals surface area contributed by atoms with Gasteiger partial charge in [0.05, 0.1) is 18.2 Å². The van der Waals surface area contributed by atoms with Gasteiger partial charge in [0.25, 0.3) is 11.7 Å². The highest BCUT2D eigenvalue weighted by Crippen LogP contribution is 2.40. The number of likely N-dealkylation sites (N-methyl/N-ethyl adjacent to an activating group) is 1. The van der Waals surface area contributed by atoms with Gasteiger partial charge in [0, 0.05) is 18.7 Å². The number of rotatable bonds is 11. The third kappa shape index (κ3) is 5.92. The zero-order valence-electron chi connectivity index (χ0n) is 20.9. The Morgan fingerprint density at radius 1 is 1.14 bits per heavy atom. The molecule has 2 aromatic rings. The molecular formula is C28H34N2O5. The molecular weight excluding hydrogens is 444 g/mol. The number of ether oxygens (including phenoxy) is 2. The summed E-state index contributed by atoms with van der Waals surface area (Å²) in [6.45, 7) is 9.44. The molecule has 0 radical (unpaired) electrons. The Bertz CT molecular complexity index is 1100. The van der Waals surface area contributed by atoms with E-state index in [-0.39, 0.29) is 11.3 Å². The van der Waals surface area contributed by atoms with Gasteiger partial charge in [-0.25, -0.2) is 0 Å². The van der Waals surface area contributed by atoms with Crippen molar-refractivity contribution >= 4 is 17.4 Å². The van der Waals surface area contributed by atoms with Crippen LogP contribution in [0.15, 0.2) is 60.7 Å². The zero-order valence-corrected chi connectivity index (χ0v) is 20.9. The van der Waals surface area contributed by atoms with E-state index in [0.717, 1.165) is 17.5 Å². The molecule has 0 bridgehead atoms. The molecule has 35 heavy (non-hydrogen) atoms. The monoisotopic (exact) mass is 478 g/mol. The lowest BCUT2D eigenvalue weighted by molar-refractivity contribution is -0.140. The van der Waals surface area contributed by atoms with Gasteiger partial charge in [-0.2, -0.15) is 0 Å². The first-order chi connectivity index (χ1) is 16.8. The Kier molecular flexibility index (Phi) is 8.71. The van der Waals surface area contributed by atoms with Crippen molar-refractivity contribution in [3.05, 3.63) is 77.4 Å². The van der Waals surface area contributed by atoms with E-state index in [1.165, 1.54) is 4.90 Å². The van der Waals surface area contributed by atoms with Gasteiger partial charge in [0.2, 0.25) is 0 Å². The molecule has 3 rings (SSSR count). The predicted molar refractivity (Wildman–Crippen MR) is 137 cm³/mol. The quantitative estimate of drug-likeness (QED) is 0.224. The topological polar surface area (TPSA) is 79.3 Å². The van der Waals surface area contributed by atoms with Crippen LogP contribution in [0.2, 0.25) is 0 Å². The van der Waals surface area contributed by atoms with Crippen LogP contribution in [0, 0.1) is 6.92 Å². The molecule has 1 atom stereocenters. The number of aliphatic hydroxyl groups excluding tert-OH is 1. The molecule has 1 heterocycles. The summed E-state index contributed by atoms with van der Waals surface area (Å²) >= 11 is 0. The average Bonchev–Trinajstić information content (AvgIpc) is 3.10. The Hall–Kier alpha value is -3.58. The lowest BCUT2D eigenvalue weighted by atomic mass is 9.94. The van der Waals surface area contributed by atoms with E-state index in [2.05, 4.69) is 6.58 Å². The van der Waals surface area contributed by atoms with Gasteiger partial charge in [-0.1, -0.05) is 31.7 Å². The molecule has 1 N–H and O–H groups in total. The summed E-state index contributed by atoms with van der Waals surface area (Å²) in [4.78, 5) is 29.7. The molecule has 1 fully saturated rings. The van der Waals surface area contributed by atoms with E-state index < -0.39 is 17.7 Å². The Labute approximate surface area is 207 Å². The molecule has 1 saturated heterocycles. The molecule has 7 heteroatoms. The Morgan fingerprint density at radius 2 is 1.86 bits per heavy atom. The molecule has 2 aromatic carbocycles. The normalized spacial score (nSPS) is 17.2. The summed E-state index contributed by atoms with van der Waals surface area (Å²) < 4.78 is 11.3. The second-order valence-electron chi connectivity index (χ2n) is 8.79. The van der Waals surface area contributed by atoms with Crippen molar-refractivity contribution in [1.29, 1.82) is 0 Å². The SMILES string of the molecule is C=CCOc1ccc(C(O)=C2C(=O)C(=O)N(CCN(C)C)C2c2ccc(OCCC)cc2)cc1C. The standard InChI is InChI=1S/C28H34N2O5/c1-6-16-34-22-11-8-20(9-12-22)25-24(27(32)28(33)30(25)15-14-29(4)5)26(31)21-10-13-23(19(3)18-21)35-17-7-2/h7-13,18,25,31H,2,6,14-17H2,1,3-5H3. The summed E-state index contributed by atoms with van der Waals surface area (Å²) in [7, 11) is 3.81. The van der Waals surface area contributed by atoms with Crippen molar-refractivity contribution in [3.8, 4) is 11.5 Å². The van der Waals surface area contributed by atoms with Crippen LogP contribution in [-0.4, -0.2) is 67.0 Å². The molecule has 0 aromatic heterocycles. The molecule has 1 amide bonds. The van der Waals surface area contributed by atoms with Crippen molar-refractivity contribution < 1.29 is 24.2 Å². The molecule has 0 saturated carbocycles. The maximum atomic E-state index is 13.2. The number of carbonyl (C=O) groups is 2. The van der Waals surface area contributed by atoms with Gasteiger partial charge in [-0.05, 0) is 68.9 Å². The highest BCUT2D eigenvalue weighted by molar-refractivity contribution is 6.46. The van der Waals surface area contributed by atoms with Gasteiger partial charge in [-0.15, -0.1) is 0 Å². The second kappa shape index (κ2) is 11.7. The molecule has 1 aliphatic heterocycles. The van der Waals surface area contributed by atoms with Gasteiger partial charge >= 0.3 is 0 Å². The molecule has 0 aliphatic carbocycles. The number of ketones is 1. The van der Waals surface area contributed by atoms with Crippen molar-refractivity contribution in [2.24, 2.45) is 0 Å². The first-order valence-corrected chi connectivity index (χ1v) is 11.8. The van der Waals surface area contributed by atoms with Gasteiger partial charge < -0.3 is 24.4 Å². The highest BCUT2D eigenvalue weighted by atomic mass is 16.5. The summed E-state index contributed by atoms with van der Waals surface area (Å²) in [5.74, 6) is -0.140. The minimum Gasteiger partial charge on any atom is -0.507 e. The fourth-order valence-corrected chi connectivity index (χ4v) is 3.99. The number of amides is 1. The minimum atomic E-state index is -0.702. The smallest absolute Gasteiger partial charge is 0.295 e. The number of aliphatic hydroxyl groups is 1. The number of nitrogens with zero attached hydrogens (tertiary/aromatic N) is 2. The first kappa shape index (κ1) is 26.0. The number of aryl methyl sites for hydroxylation is 1. The van der Waals surface area contributed by atoms with E-state index in [1.54, 1.807) is 24.3 Å². The number of hydrogen-bond acceptors (Lipinski definition) is 6. The average molecular weight is 479 g/mol. The van der Waals surface area contributed by atoms with Crippen molar-refractivity contribution in [2.75, 3.05) is 40.4 Å². The number of carbonyl (C=O) groups excluding carboxylic acids is 2. The van der Waals surface area contributed by atoms with Crippen molar-refractivity contribution in [2.45, 2.75) is 26.3 Å². The maximum absolute atomic E-state index is 13.2. The lowest BCUT2D eigenvalue weighted by Gasteiger charge is -2.26. The molecule has 7 nitrogen and oxygen atoms in total. The van der Waals surface area contributed by atoms with E-state index in [1.807, 2.05) is 57.1 Å². The van der Waals surface area contributed by atoms with Crippen molar-refractivity contribution in [3.63, 3.8) is 0 Å². The number of hydrogen-bond donors (Lipinski definition) is 1. The van der Waals surface area contributed by atoms with Crippen LogP contribution >= 0.6 is 0 Å². The lowest BCUT2D eigenvalue weighted by Crippen LogP contribution is -2.35. The van der Waals surface area contributed by atoms with E-state index in [0.29, 0.717) is 43.4 Å². The molecule has 1 aliphatic rings. The Morgan fingerprint density at radius 3 is 2.46 bits per heavy atom. The maximum Gasteiger partial charge on any atom is 0.295 e. The zero-order chi connectivity index (χ0) is 25.5. The van der Waals surface area contributed by atoms with Gasteiger partial charge in [-0.3, -0.25) is 9.59 Å². The highest BCUT2D eigenvalue weighted by Gasteiger charge is 2.45. The van der Waals surface area contributed by atoms with Crippen LogP contribution in [0.5, 0.6) is 11.5 Å². The summed E-state index contributed by atoms with van der Waals surface area (Å²) in [6, 6.07) is 11.8. The molecule has 186 valence electrons.